The first kappa shape index (κ1) is 13.1. The largest absolute Gasteiger partial charge is 0.497 e. The third kappa shape index (κ3) is 3.87. The molecule has 5 heteroatoms. The number of benzene rings is 1. The molecule has 2 N–H and O–H groups in total. The highest BCUT2D eigenvalue weighted by Gasteiger charge is 2.03. The van der Waals surface area contributed by atoms with Gasteiger partial charge in [0.25, 0.3) is 0 Å². The van der Waals surface area contributed by atoms with Crippen molar-refractivity contribution < 1.29 is 4.74 Å². The number of thiocarbonyl (C=S) groups is 1. The zero-order chi connectivity index (χ0) is 12.0. The van der Waals surface area contributed by atoms with E-state index >= 15 is 0 Å². The van der Waals surface area contributed by atoms with Gasteiger partial charge in [0.15, 0.2) is 5.11 Å². The molecular formula is C11H15ClN2OS. The van der Waals surface area contributed by atoms with E-state index in [4.69, 9.17) is 28.6 Å². The zero-order valence-electron chi connectivity index (χ0n) is 9.34. The van der Waals surface area contributed by atoms with Gasteiger partial charge in [-0.25, -0.2) is 0 Å². The second-order valence-corrected chi connectivity index (χ2v) is 4.04. The van der Waals surface area contributed by atoms with Crippen LogP contribution < -0.4 is 15.4 Å². The summed E-state index contributed by atoms with van der Waals surface area (Å²) < 4.78 is 5.11. The quantitative estimate of drug-likeness (QED) is 0.814. The molecule has 0 aliphatic carbocycles. The molecule has 0 aliphatic rings. The van der Waals surface area contributed by atoms with E-state index in [9.17, 15) is 0 Å². The molecule has 16 heavy (non-hydrogen) atoms. The summed E-state index contributed by atoms with van der Waals surface area (Å²) in [4.78, 5) is 0. The summed E-state index contributed by atoms with van der Waals surface area (Å²) in [5.74, 6) is 0.741. The summed E-state index contributed by atoms with van der Waals surface area (Å²) in [5.41, 5.74) is 0.745. The lowest BCUT2D eigenvalue weighted by Gasteiger charge is -2.12. The molecular weight excluding hydrogens is 244 g/mol. The van der Waals surface area contributed by atoms with Gasteiger partial charge >= 0.3 is 0 Å². The van der Waals surface area contributed by atoms with Gasteiger partial charge in [0.2, 0.25) is 0 Å². The van der Waals surface area contributed by atoms with Crippen LogP contribution in [-0.4, -0.2) is 18.8 Å². The molecule has 0 fully saturated rings. The maximum Gasteiger partial charge on any atom is 0.170 e. The van der Waals surface area contributed by atoms with Crippen molar-refractivity contribution in [3.05, 3.63) is 23.2 Å². The third-order valence-corrected chi connectivity index (χ3v) is 2.53. The van der Waals surface area contributed by atoms with Crippen LogP contribution in [0.15, 0.2) is 18.2 Å². The summed E-state index contributed by atoms with van der Waals surface area (Å²) in [6, 6.07) is 5.38. The van der Waals surface area contributed by atoms with Crippen LogP contribution in [-0.2, 0) is 0 Å². The summed E-state index contributed by atoms with van der Waals surface area (Å²) in [6.45, 7) is 2.92. The van der Waals surface area contributed by atoms with Gasteiger partial charge in [0.05, 0.1) is 17.8 Å². The summed E-state index contributed by atoms with van der Waals surface area (Å²) in [5, 5.41) is 7.27. The summed E-state index contributed by atoms with van der Waals surface area (Å²) in [7, 11) is 1.61. The van der Waals surface area contributed by atoms with Gasteiger partial charge in [-0.2, -0.15) is 0 Å². The molecule has 0 amide bonds. The van der Waals surface area contributed by atoms with Crippen molar-refractivity contribution in [2.75, 3.05) is 19.0 Å². The lowest BCUT2D eigenvalue weighted by molar-refractivity contribution is 0.415. The Hall–Kier alpha value is -1.00. The minimum absolute atomic E-state index is 0.567. The van der Waals surface area contributed by atoms with Gasteiger partial charge in [-0.1, -0.05) is 18.5 Å². The number of ether oxygens (including phenoxy) is 1. The zero-order valence-corrected chi connectivity index (χ0v) is 10.9. The van der Waals surface area contributed by atoms with Crippen LogP contribution >= 0.6 is 23.8 Å². The van der Waals surface area contributed by atoms with Crippen molar-refractivity contribution >= 4 is 34.6 Å². The lowest BCUT2D eigenvalue weighted by Crippen LogP contribution is -2.29. The Morgan fingerprint density at radius 3 is 2.88 bits per heavy atom. The molecule has 0 aromatic heterocycles. The molecule has 0 heterocycles. The van der Waals surface area contributed by atoms with E-state index in [1.807, 2.05) is 6.07 Å². The van der Waals surface area contributed by atoms with E-state index in [1.165, 1.54) is 0 Å². The number of rotatable bonds is 4. The molecule has 1 rings (SSSR count). The summed E-state index contributed by atoms with van der Waals surface area (Å²) >= 11 is 11.1. The van der Waals surface area contributed by atoms with Crippen molar-refractivity contribution in [2.24, 2.45) is 0 Å². The number of hydrogen-bond donors (Lipinski definition) is 2. The monoisotopic (exact) mass is 258 g/mol. The van der Waals surface area contributed by atoms with Crippen LogP contribution in [0.2, 0.25) is 5.02 Å². The number of methoxy groups -OCH3 is 1. The van der Waals surface area contributed by atoms with E-state index in [-0.39, 0.29) is 0 Å². The van der Waals surface area contributed by atoms with Crippen molar-refractivity contribution in [2.45, 2.75) is 13.3 Å². The fourth-order valence-corrected chi connectivity index (χ4v) is 1.51. The molecule has 0 spiro atoms. The fourth-order valence-electron chi connectivity index (χ4n) is 1.13. The second kappa shape index (κ2) is 6.55. The Bertz CT molecular complexity index is 371. The van der Waals surface area contributed by atoms with Crippen LogP contribution in [0.3, 0.4) is 0 Å². The molecule has 0 atom stereocenters. The first-order valence-corrected chi connectivity index (χ1v) is 5.84. The van der Waals surface area contributed by atoms with Crippen molar-refractivity contribution in [3.8, 4) is 5.75 Å². The van der Waals surface area contributed by atoms with Crippen LogP contribution in [0, 0.1) is 0 Å². The SMILES string of the molecule is CCCNC(=S)Nc1cc(OC)ccc1Cl. The molecule has 0 bridgehead atoms. The number of anilines is 1. The second-order valence-electron chi connectivity index (χ2n) is 3.23. The van der Waals surface area contributed by atoms with Crippen LogP contribution in [0.1, 0.15) is 13.3 Å². The minimum Gasteiger partial charge on any atom is -0.497 e. The lowest BCUT2D eigenvalue weighted by atomic mass is 10.3. The highest BCUT2D eigenvalue weighted by molar-refractivity contribution is 7.80. The maximum atomic E-state index is 6.03. The summed E-state index contributed by atoms with van der Waals surface area (Å²) in [6.07, 6.45) is 1.02. The van der Waals surface area contributed by atoms with E-state index in [2.05, 4.69) is 17.6 Å². The number of halogens is 1. The topological polar surface area (TPSA) is 33.3 Å². The van der Waals surface area contributed by atoms with Gasteiger partial charge in [0, 0.05) is 12.6 Å². The van der Waals surface area contributed by atoms with Crippen LogP contribution in [0.4, 0.5) is 5.69 Å². The molecule has 0 aliphatic heterocycles. The molecule has 0 unspecified atom stereocenters. The molecule has 0 saturated carbocycles. The Labute approximate surface area is 106 Å². The molecule has 0 radical (unpaired) electrons. The first-order chi connectivity index (χ1) is 7.67. The van der Waals surface area contributed by atoms with E-state index in [0.29, 0.717) is 10.1 Å². The van der Waals surface area contributed by atoms with Crippen LogP contribution in [0.25, 0.3) is 0 Å². The van der Waals surface area contributed by atoms with Crippen molar-refractivity contribution in [3.63, 3.8) is 0 Å². The smallest absolute Gasteiger partial charge is 0.170 e. The Morgan fingerprint density at radius 2 is 2.25 bits per heavy atom. The van der Waals surface area contributed by atoms with Gasteiger partial charge in [-0.05, 0) is 30.8 Å². The van der Waals surface area contributed by atoms with E-state index in [1.54, 1.807) is 19.2 Å². The predicted octanol–water partition coefficient (Wildman–Crippen LogP) is 3.05. The molecule has 3 nitrogen and oxygen atoms in total. The molecule has 88 valence electrons. The maximum absolute atomic E-state index is 6.03. The third-order valence-electron chi connectivity index (χ3n) is 1.96. The molecule has 1 aromatic rings. The van der Waals surface area contributed by atoms with Gasteiger partial charge < -0.3 is 15.4 Å². The highest BCUT2D eigenvalue weighted by Crippen LogP contribution is 2.26. The van der Waals surface area contributed by atoms with Gasteiger partial charge in [-0.3, -0.25) is 0 Å². The van der Waals surface area contributed by atoms with Crippen molar-refractivity contribution in [1.29, 1.82) is 0 Å². The van der Waals surface area contributed by atoms with Crippen LogP contribution in [0.5, 0.6) is 5.75 Å². The number of nitrogens with one attached hydrogen (secondary N) is 2. The van der Waals surface area contributed by atoms with E-state index < -0.39 is 0 Å². The number of hydrogen-bond acceptors (Lipinski definition) is 2. The highest BCUT2D eigenvalue weighted by atomic mass is 35.5. The average molecular weight is 259 g/mol. The molecule has 1 aromatic carbocycles. The Kier molecular flexibility index (Phi) is 5.35. The molecule has 0 saturated heterocycles. The van der Waals surface area contributed by atoms with Crippen molar-refractivity contribution in [1.82, 2.24) is 5.32 Å². The average Bonchev–Trinajstić information content (AvgIpc) is 2.29. The predicted molar refractivity (Wildman–Crippen MR) is 72.5 cm³/mol. The fraction of sp³-hybridized carbons (Fsp3) is 0.364. The standard InChI is InChI=1S/C11H15ClN2OS/c1-3-6-13-11(16)14-10-7-8(15-2)4-5-9(10)12/h4-5,7H,3,6H2,1-2H3,(H2,13,14,16). The van der Waals surface area contributed by atoms with Gasteiger partial charge in [0.1, 0.15) is 5.75 Å². The Morgan fingerprint density at radius 1 is 1.50 bits per heavy atom. The minimum atomic E-state index is 0.567. The first-order valence-electron chi connectivity index (χ1n) is 5.05. The normalized spacial score (nSPS) is 9.69. The Balaban J connectivity index is 2.68. The van der Waals surface area contributed by atoms with E-state index in [0.717, 1.165) is 24.4 Å². The van der Waals surface area contributed by atoms with Gasteiger partial charge in [-0.15, -0.1) is 0 Å².